The maximum absolute atomic E-state index is 13.0. The highest BCUT2D eigenvalue weighted by Gasteiger charge is 2.24. The van der Waals surface area contributed by atoms with Crippen molar-refractivity contribution in [3.05, 3.63) is 83.7 Å². The Bertz CT molecular complexity index is 1210. The van der Waals surface area contributed by atoms with E-state index in [9.17, 15) is 16.8 Å². The van der Waals surface area contributed by atoms with Crippen molar-refractivity contribution in [2.75, 3.05) is 6.54 Å². The zero-order valence-electron chi connectivity index (χ0n) is 16.2. The van der Waals surface area contributed by atoms with Crippen LogP contribution in [0.2, 0.25) is 0 Å². The predicted octanol–water partition coefficient (Wildman–Crippen LogP) is 3.05. The van der Waals surface area contributed by atoms with Crippen molar-refractivity contribution in [1.82, 2.24) is 9.71 Å². The minimum Gasteiger partial charge on any atom is -0.261 e. The van der Waals surface area contributed by atoms with Gasteiger partial charge in [0.2, 0.25) is 19.9 Å². The molecule has 2 aromatic carbocycles. The van der Waals surface area contributed by atoms with E-state index in [0.29, 0.717) is 17.5 Å². The second-order valence-corrected chi connectivity index (χ2v) is 10.3. The van der Waals surface area contributed by atoms with E-state index in [1.807, 2.05) is 12.1 Å². The number of hydrogen-bond donors (Lipinski definition) is 1. The lowest BCUT2D eigenvalue weighted by Gasteiger charge is -2.14. The van der Waals surface area contributed by atoms with E-state index in [-0.39, 0.29) is 21.2 Å². The van der Waals surface area contributed by atoms with Gasteiger partial charge in [0.15, 0.2) is 0 Å². The molecule has 0 radical (unpaired) electrons. The summed E-state index contributed by atoms with van der Waals surface area (Å²) >= 11 is 0. The summed E-state index contributed by atoms with van der Waals surface area (Å²) in [6.45, 7) is 3.53. The molecule has 0 spiro atoms. The third-order valence-electron chi connectivity index (χ3n) is 4.65. The van der Waals surface area contributed by atoms with Crippen LogP contribution in [0.5, 0.6) is 0 Å². The Hall–Kier alpha value is -2.55. The predicted molar refractivity (Wildman–Crippen MR) is 111 cm³/mol. The maximum Gasteiger partial charge on any atom is 0.240 e. The van der Waals surface area contributed by atoms with E-state index in [1.165, 1.54) is 24.3 Å². The van der Waals surface area contributed by atoms with Crippen molar-refractivity contribution < 1.29 is 16.8 Å². The second-order valence-electron chi connectivity index (χ2n) is 6.65. The first-order chi connectivity index (χ1) is 13.7. The number of nitrogens with zero attached hydrogens (tertiary/aromatic N) is 1. The Balaban J connectivity index is 1.92. The molecule has 0 saturated carbocycles. The average Bonchev–Trinajstić information content (AvgIpc) is 2.71. The summed E-state index contributed by atoms with van der Waals surface area (Å²) in [5.41, 5.74) is 1.87. The van der Waals surface area contributed by atoms with Crippen molar-refractivity contribution in [3.8, 4) is 0 Å². The zero-order chi connectivity index (χ0) is 21.1. The normalized spacial score (nSPS) is 12.1. The van der Waals surface area contributed by atoms with Crippen LogP contribution in [0.4, 0.5) is 0 Å². The molecule has 6 nitrogen and oxygen atoms in total. The summed E-state index contributed by atoms with van der Waals surface area (Å²) in [5.74, 6) is 0. The number of sulfonamides is 1. The maximum atomic E-state index is 13.0. The molecule has 0 atom stereocenters. The molecule has 0 fully saturated rings. The molecule has 3 rings (SSSR count). The summed E-state index contributed by atoms with van der Waals surface area (Å²) in [6.07, 6.45) is 2.08. The van der Waals surface area contributed by atoms with Gasteiger partial charge in [-0.1, -0.05) is 24.3 Å². The fraction of sp³-hybridized carbons (Fsp3) is 0.190. The number of aryl methyl sites for hydroxylation is 1. The lowest BCUT2D eigenvalue weighted by atomic mass is 10.1. The van der Waals surface area contributed by atoms with Crippen LogP contribution in [0.15, 0.2) is 81.5 Å². The van der Waals surface area contributed by atoms with Crippen LogP contribution in [-0.2, 0) is 26.3 Å². The lowest BCUT2D eigenvalue weighted by molar-refractivity contribution is 0.580. The van der Waals surface area contributed by atoms with Crippen molar-refractivity contribution in [3.63, 3.8) is 0 Å². The fourth-order valence-corrected chi connectivity index (χ4v) is 5.74. The van der Waals surface area contributed by atoms with Crippen LogP contribution in [0, 0.1) is 13.8 Å². The topological polar surface area (TPSA) is 93.2 Å². The van der Waals surface area contributed by atoms with Gasteiger partial charge in [0.1, 0.15) is 0 Å². The van der Waals surface area contributed by atoms with Crippen LogP contribution in [0.1, 0.15) is 16.8 Å². The lowest BCUT2D eigenvalue weighted by Crippen LogP contribution is -2.27. The largest absolute Gasteiger partial charge is 0.261 e. The Labute approximate surface area is 171 Å². The Morgan fingerprint density at radius 1 is 0.862 bits per heavy atom. The Kier molecular flexibility index (Phi) is 6.16. The number of sulfone groups is 1. The highest BCUT2D eigenvalue weighted by atomic mass is 32.2. The molecular formula is C21H22N2O4S2. The molecule has 29 heavy (non-hydrogen) atoms. The fourth-order valence-electron chi connectivity index (χ4n) is 2.90. The molecule has 0 aliphatic heterocycles. The van der Waals surface area contributed by atoms with Crippen LogP contribution >= 0.6 is 0 Å². The van der Waals surface area contributed by atoms with E-state index < -0.39 is 19.9 Å². The van der Waals surface area contributed by atoms with Gasteiger partial charge in [0, 0.05) is 24.9 Å². The Morgan fingerprint density at radius 2 is 1.55 bits per heavy atom. The molecule has 152 valence electrons. The van der Waals surface area contributed by atoms with Gasteiger partial charge in [-0.2, -0.15) is 0 Å². The van der Waals surface area contributed by atoms with Gasteiger partial charge in [-0.3, -0.25) is 4.98 Å². The number of aromatic nitrogens is 1. The number of hydrogen-bond acceptors (Lipinski definition) is 5. The summed E-state index contributed by atoms with van der Waals surface area (Å²) in [7, 11) is -7.72. The number of rotatable bonds is 7. The van der Waals surface area contributed by atoms with E-state index >= 15 is 0 Å². The molecular weight excluding hydrogens is 408 g/mol. The molecule has 0 unspecified atom stereocenters. The van der Waals surface area contributed by atoms with E-state index in [2.05, 4.69) is 9.71 Å². The van der Waals surface area contributed by atoms with Crippen molar-refractivity contribution in [2.24, 2.45) is 0 Å². The van der Waals surface area contributed by atoms with Gasteiger partial charge >= 0.3 is 0 Å². The third kappa shape index (κ3) is 4.72. The van der Waals surface area contributed by atoms with Crippen LogP contribution in [-0.4, -0.2) is 28.4 Å². The standard InChI is InChI=1S/C21H22N2O4S2/c1-16-14-20(28(24,25)19-9-4-3-5-10-19)15-21(17(16)2)29(26,27)23-13-11-18-8-6-7-12-22-18/h3-10,12,14-15,23H,11,13H2,1-2H3. The molecule has 0 bridgehead atoms. The van der Waals surface area contributed by atoms with Crippen molar-refractivity contribution in [1.29, 1.82) is 0 Å². The minimum atomic E-state index is -3.89. The quantitative estimate of drug-likeness (QED) is 0.622. The first-order valence-corrected chi connectivity index (χ1v) is 12.0. The summed E-state index contributed by atoms with van der Waals surface area (Å²) in [6, 6.07) is 16.1. The average molecular weight is 431 g/mol. The molecule has 8 heteroatoms. The van der Waals surface area contributed by atoms with Crippen LogP contribution < -0.4 is 4.72 Å². The molecule has 0 amide bonds. The summed E-state index contributed by atoms with van der Waals surface area (Å²) in [5, 5.41) is 0. The van der Waals surface area contributed by atoms with E-state index in [1.54, 1.807) is 44.3 Å². The van der Waals surface area contributed by atoms with Gasteiger partial charge in [0.05, 0.1) is 14.7 Å². The van der Waals surface area contributed by atoms with Gasteiger partial charge in [-0.15, -0.1) is 0 Å². The van der Waals surface area contributed by atoms with E-state index in [0.717, 1.165) is 5.69 Å². The number of nitrogens with one attached hydrogen (secondary N) is 1. The monoisotopic (exact) mass is 430 g/mol. The SMILES string of the molecule is Cc1cc(S(=O)(=O)c2ccccc2)cc(S(=O)(=O)NCCc2ccccn2)c1C. The summed E-state index contributed by atoms with van der Waals surface area (Å²) < 4.78 is 54.2. The van der Waals surface area contributed by atoms with Crippen LogP contribution in [0.25, 0.3) is 0 Å². The highest BCUT2D eigenvalue weighted by Crippen LogP contribution is 2.27. The molecule has 3 aromatic rings. The minimum absolute atomic E-state index is 0.0342. The van der Waals surface area contributed by atoms with Crippen LogP contribution in [0.3, 0.4) is 0 Å². The van der Waals surface area contributed by atoms with Crippen molar-refractivity contribution in [2.45, 2.75) is 35.0 Å². The smallest absolute Gasteiger partial charge is 0.240 e. The first kappa shape index (κ1) is 21.2. The van der Waals surface area contributed by atoms with Gasteiger partial charge < -0.3 is 0 Å². The van der Waals surface area contributed by atoms with E-state index in [4.69, 9.17) is 0 Å². The van der Waals surface area contributed by atoms with Gasteiger partial charge in [-0.05, 0) is 61.4 Å². The van der Waals surface area contributed by atoms with Gasteiger partial charge in [-0.25, -0.2) is 21.6 Å². The highest BCUT2D eigenvalue weighted by molar-refractivity contribution is 7.91. The number of benzene rings is 2. The molecule has 1 N–H and O–H groups in total. The molecule has 0 saturated heterocycles. The first-order valence-electron chi connectivity index (χ1n) is 9.03. The molecule has 1 aromatic heterocycles. The summed E-state index contributed by atoms with van der Waals surface area (Å²) in [4.78, 5) is 4.21. The van der Waals surface area contributed by atoms with Crippen molar-refractivity contribution >= 4 is 19.9 Å². The third-order valence-corrected chi connectivity index (χ3v) is 7.98. The zero-order valence-corrected chi connectivity index (χ0v) is 17.8. The second kappa shape index (κ2) is 8.44. The van der Waals surface area contributed by atoms with Gasteiger partial charge in [0.25, 0.3) is 0 Å². The molecule has 0 aliphatic carbocycles. The Morgan fingerprint density at radius 3 is 2.21 bits per heavy atom. The molecule has 1 heterocycles. The molecule has 0 aliphatic rings. The number of pyridine rings is 1.